The Morgan fingerprint density at radius 1 is 0.727 bits per heavy atom. The predicted octanol–water partition coefficient (Wildman–Crippen LogP) is 4.65. The molecule has 0 saturated carbocycles. The SMILES string of the molecule is CCCCC(CCC)(C(=O)OC(C)(C)C)C(=O)OC(C)(C)C. The maximum atomic E-state index is 12.8. The van der Waals surface area contributed by atoms with Crippen LogP contribution in [0.2, 0.25) is 0 Å². The minimum atomic E-state index is -1.19. The zero-order valence-electron chi connectivity index (χ0n) is 15.7. The van der Waals surface area contributed by atoms with Crippen LogP contribution < -0.4 is 0 Å². The van der Waals surface area contributed by atoms with E-state index in [0.29, 0.717) is 12.8 Å². The van der Waals surface area contributed by atoms with Crippen LogP contribution in [0.15, 0.2) is 0 Å². The summed E-state index contributed by atoms with van der Waals surface area (Å²) in [5.41, 5.74) is -2.43. The third-order valence-corrected chi connectivity index (χ3v) is 3.21. The fourth-order valence-corrected chi connectivity index (χ4v) is 2.27. The topological polar surface area (TPSA) is 52.6 Å². The van der Waals surface area contributed by atoms with Gasteiger partial charge >= 0.3 is 11.9 Å². The Bertz CT molecular complexity index is 344. The summed E-state index contributed by atoms with van der Waals surface area (Å²) in [7, 11) is 0. The number of esters is 2. The Hall–Kier alpha value is -1.06. The van der Waals surface area contributed by atoms with Crippen LogP contribution in [-0.4, -0.2) is 23.1 Å². The van der Waals surface area contributed by atoms with Crippen LogP contribution in [0.5, 0.6) is 0 Å². The molecule has 0 unspecified atom stereocenters. The summed E-state index contributed by atoms with van der Waals surface area (Å²) in [4.78, 5) is 25.6. The van der Waals surface area contributed by atoms with Gasteiger partial charge in [0.1, 0.15) is 11.2 Å². The van der Waals surface area contributed by atoms with E-state index in [0.717, 1.165) is 19.3 Å². The zero-order chi connectivity index (χ0) is 17.6. The van der Waals surface area contributed by atoms with Crippen molar-refractivity contribution in [3.05, 3.63) is 0 Å². The summed E-state index contributed by atoms with van der Waals surface area (Å²) in [5, 5.41) is 0. The second-order valence-corrected chi connectivity index (χ2v) is 7.94. The van der Waals surface area contributed by atoms with Gasteiger partial charge in [0.2, 0.25) is 0 Å². The summed E-state index contributed by atoms with van der Waals surface area (Å²) in [6, 6.07) is 0. The normalized spacial score (nSPS) is 12.9. The average Bonchev–Trinajstić information content (AvgIpc) is 2.29. The van der Waals surface area contributed by atoms with E-state index < -0.39 is 28.6 Å². The van der Waals surface area contributed by atoms with Gasteiger partial charge in [0, 0.05) is 0 Å². The van der Waals surface area contributed by atoms with Gasteiger partial charge in [-0.25, -0.2) is 0 Å². The standard InChI is InChI=1S/C18H34O4/c1-9-11-13-18(12-10-2,14(19)21-16(3,4)5)15(20)22-17(6,7)8/h9-13H2,1-8H3. The monoisotopic (exact) mass is 314 g/mol. The minimum Gasteiger partial charge on any atom is -0.459 e. The highest BCUT2D eigenvalue weighted by Crippen LogP contribution is 2.36. The number of rotatable bonds is 7. The first-order valence-electron chi connectivity index (χ1n) is 8.35. The van der Waals surface area contributed by atoms with Crippen molar-refractivity contribution in [2.24, 2.45) is 5.41 Å². The van der Waals surface area contributed by atoms with Gasteiger partial charge in [0.25, 0.3) is 0 Å². The van der Waals surface area contributed by atoms with Gasteiger partial charge < -0.3 is 9.47 Å². The van der Waals surface area contributed by atoms with Gasteiger partial charge in [-0.15, -0.1) is 0 Å². The average molecular weight is 314 g/mol. The molecule has 0 aliphatic rings. The highest BCUT2D eigenvalue weighted by molar-refractivity contribution is 6.00. The lowest BCUT2D eigenvalue weighted by Gasteiger charge is -2.34. The molecule has 0 N–H and O–H groups in total. The summed E-state index contributed by atoms with van der Waals surface area (Å²) >= 11 is 0. The Morgan fingerprint density at radius 2 is 1.14 bits per heavy atom. The van der Waals surface area contributed by atoms with Gasteiger partial charge in [-0.3, -0.25) is 9.59 Å². The predicted molar refractivity (Wildman–Crippen MR) is 88.6 cm³/mol. The number of hydrogen-bond donors (Lipinski definition) is 0. The van der Waals surface area contributed by atoms with E-state index in [9.17, 15) is 9.59 Å². The van der Waals surface area contributed by atoms with Gasteiger partial charge in [-0.1, -0.05) is 33.1 Å². The molecule has 22 heavy (non-hydrogen) atoms. The fraction of sp³-hybridized carbons (Fsp3) is 0.889. The van der Waals surface area contributed by atoms with Gasteiger partial charge in [0.05, 0.1) is 0 Å². The van der Waals surface area contributed by atoms with Crippen molar-refractivity contribution in [3.63, 3.8) is 0 Å². The van der Waals surface area contributed by atoms with E-state index in [2.05, 4.69) is 0 Å². The molecule has 130 valence electrons. The zero-order valence-corrected chi connectivity index (χ0v) is 15.7. The van der Waals surface area contributed by atoms with Gasteiger partial charge in [-0.2, -0.15) is 0 Å². The molecule has 0 aromatic heterocycles. The molecule has 0 spiro atoms. The van der Waals surface area contributed by atoms with E-state index in [1.165, 1.54) is 0 Å². The molecule has 0 rings (SSSR count). The number of unbranched alkanes of at least 4 members (excludes halogenated alkanes) is 1. The number of hydrogen-bond acceptors (Lipinski definition) is 4. The third-order valence-electron chi connectivity index (χ3n) is 3.21. The molecule has 0 atom stereocenters. The molecule has 0 amide bonds. The van der Waals surface area contributed by atoms with E-state index in [4.69, 9.17) is 9.47 Å². The van der Waals surface area contributed by atoms with Crippen molar-refractivity contribution in [1.29, 1.82) is 0 Å². The molecule has 0 bridgehead atoms. The maximum absolute atomic E-state index is 12.8. The Kier molecular flexibility index (Phi) is 7.60. The largest absolute Gasteiger partial charge is 0.459 e. The molecular formula is C18H34O4. The van der Waals surface area contributed by atoms with Crippen LogP contribution in [0.1, 0.15) is 87.5 Å². The fourth-order valence-electron chi connectivity index (χ4n) is 2.27. The Balaban J connectivity index is 5.58. The molecule has 0 aromatic rings. The second kappa shape index (κ2) is 7.98. The van der Waals surface area contributed by atoms with Crippen LogP contribution in [-0.2, 0) is 19.1 Å². The molecule has 4 heteroatoms. The van der Waals surface area contributed by atoms with Crippen molar-refractivity contribution >= 4 is 11.9 Å². The third kappa shape index (κ3) is 6.80. The lowest BCUT2D eigenvalue weighted by molar-refractivity contribution is -0.186. The molecule has 0 heterocycles. The molecule has 0 aromatic carbocycles. The van der Waals surface area contributed by atoms with Crippen LogP contribution in [0.25, 0.3) is 0 Å². The number of carbonyl (C=O) groups is 2. The number of carbonyl (C=O) groups excluding carboxylic acids is 2. The second-order valence-electron chi connectivity index (χ2n) is 7.94. The first-order chi connectivity index (χ1) is 9.88. The van der Waals surface area contributed by atoms with Crippen molar-refractivity contribution in [1.82, 2.24) is 0 Å². The molecule has 0 radical (unpaired) electrons. The highest BCUT2D eigenvalue weighted by Gasteiger charge is 2.49. The summed E-state index contributed by atoms with van der Waals surface area (Å²) in [5.74, 6) is -0.908. The van der Waals surface area contributed by atoms with Gasteiger partial charge in [-0.05, 0) is 54.4 Å². The maximum Gasteiger partial charge on any atom is 0.324 e. The van der Waals surface area contributed by atoms with Crippen LogP contribution >= 0.6 is 0 Å². The molecule has 4 nitrogen and oxygen atoms in total. The van der Waals surface area contributed by atoms with Crippen molar-refractivity contribution in [3.8, 4) is 0 Å². The van der Waals surface area contributed by atoms with E-state index in [1.54, 1.807) is 0 Å². The molecule has 0 aliphatic heterocycles. The first kappa shape index (κ1) is 20.9. The van der Waals surface area contributed by atoms with E-state index in [-0.39, 0.29) is 0 Å². The van der Waals surface area contributed by atoms with E-state index >= 15 is 0 Å². The van der Waals surface area contributed by atoms with Crippen molar-refractivity contribution in [2.75, 3.05) is 0 Å². The van der Waals surface area contributed by atoms with Gasteiger partial charge in [0.15, 0.2) is 5.41 Å². The summed E-state index contributed by atoms with van der Waals surface area (Å²) in [6.45, 7) is 14.9. The quantitative estimate of drug-likeness (QED) is 0.507. The molecule has 0 fully saturated rings. The lowest BCUT2D eigenvalue weighted by Crippen LogP contribution is -2.46. The summed E-state index contributed by atoms with van der Waals surface area (Å²) in [6.07, 6.45) is 3.36. The van der Waals surface area contributed by atoms with E-state index in [1.807, 2.05) is 55.4 Å². The number of ether oxygens (including phenoxy) is 2. The Labute approximate surface area is 135 Å². The van der Waals surface area contributed by atoms with Crippen LogP contribution in [0, 0.1) is 5.41 Å². The van der Waals surface area contributed by atoms with Crippen molar-refractivity contribution < 1.29 is 19.1 Å². The van der Waals surface area contributed by atoms with Crippen LogP contribution in [0.3, 0.4) is 0 Å². The lowest BCUT2D eigenvalue weighted by atomic mass is 9.78. The minimum absolute atomic E-state index is 0.454. The molecule has 0 saturated heterocycles. The smallest absolute Gasteiger partial charge is 0.324 e. The summed E-state index contributed by atoms with van der Waals surface area (Å²) < 4.78 is 11.1. The Morgan fingerprint density at radius 3 is 1.41 bits per heavy atom. The molecule has 0 aliphatic carbocycles. The molecular weight excluding hydrogens is 280 g/mol. The van der Waals surface area contributed by atoms with Crippen molar-refractivity contribution in [2.45, 2.75) is 98.7 Å². The van der Waals surface area contributed by atoms with Crippen LogP contribution in [0.4, 0.5) is 0 Å². The highest BCUT2D eigenvalue weighted by atomic mass is 16.6. The first-order valence-corrected chi connectivity index (χ1v) is 8.35.